The minimum atomic E-state index is -0.601. The van der Waals surface area contributed by atoms with Gasteiger partial charge in [0, 0.05) is 28.6 Å². The molecule has 0 aliphatic heterocycles. The van der Waals surface area contributed by atoms with Gasteiger partial charge in [0.25, 0.3) is 0 Å². The molecule has 0 aliphatic carbocycles. The van der Waals surface area contributed by atoms with Gasteiger partial charge in [-0.25, -0.2) is 9.78 Å². The summed E-state index contributed by atoms with van der Waals surface area (Å²) in [6.07, 6.45) is 4.00. The van der Waals surface area contributed by atoms with Gasteiger partial charge in [-0.05, 0) is 42.3 Å². The van der Waals surface area contributed by atoms with Crippen molar-refractivity contribution in [3.63, 3.8) is 0 Å². The van der Waals surface area contributed by atoms with E-state index < -0.39 is 5.76 Å². The zero-order valence-electron chi connectivity index (χ0n) is 15.0. The number of H-pyrrole nitrogens is 2. The fourth-order valence-corrected chi connectivity index (χ4v) is 3.44. The van der Waals surface area contributed by atoms with Gasteiger partial charge in [0.2, 0.25) is 5.82 Å². The first kappa shape index (κ1) is 16.3. The number of hydrogen-bond acceptors (Lipinski definition) is 5. The average Bonchev–Trinajstić information content (AvgIpc) is 3.42. The van der Waals surface area contributed by atoms with E-state index in [4.69, 9.17) is 4.42 Å². The van der Waals surface area contributed by atoms with E-state index in [1.165, 1.54) is 5.56 Å². The van der Waals surface area contributed by atoms with E-state index in [1.54, 1.807) is 18.6 Å². The monoisotopic (exact) mass is 372 g/mol. The summed E-state index contributed by atoms with van der Waals surface area (Å²) in [5, 5.41) is 4.86. The highest BCUT2D eigenvalue weighted by molar-refractivity contribution is 5.91. The summed E-state index contributed by atoms with van der Waals surface area (Å²) in [6, 6.07) is 13.9. The summed E-state index contributed by atoms with van der Waals surface area (Å²) in [5.41, 5.74) is 6.81. The summed E-state index contributed by atoms with van der Waals surface area (Å²) in [4.78, 5) is 21.9. The number of nitrogens with zero attached hydrogens (tertiary/aromatic N) is 2. The van der Waals surface area contributed by atoms with Crippen molar-refractivity contribution in [2.24, 2.45) is 0 Å². The van der Waals surface area contributed by atoms with Crippen LogP contribution in [0.25, 0.3) is 33.7 Å². The number of aryl methyl sites for hydroxylation is 1. The molecule has 0 saturated heterocycles. The number of aromatic nitrogens is 4. The average molecular weight is 372 g/mol. The predicted octanol–water partition coefficient (Wildman–Crippen LogP) is 4.07. The van der Waals surface area contributed by atoms with Crippen LogP contribution in [0.1, 0.15) is 16.8 Å². The Morgan fingerprint density at radius 1 is 1.11 bits per heavy atom. The van der Waals surface area contributed by atoms with Crippen LogP contribution < -0.4 is 5.76 Å². The molecule has 0 fully saturated rings. The molecule has 5 rings (SSSR count). The lowest BCUT2D eigenvalue weighted by molar-refractivity contribution is 0.387. The minimum Gasteiger partial charge on any atom is -0.472 e. The number of nitrogens with one attached hydrogen (secondary N) is 2. The second-order valence-electron chi connectivity index (χ2n) is 6.67. The van der Waals surface area contributed by atoms with Crippen molar-refractivity contribution in [1.29, 1.82) is 0 Å². The summed E-state index contributed by atoms with van der Waals surface area (Å²) >= 11 is 0. The van der Waals surface area contributed by atoms with E-state index >= 15 is 0 Å². The number of rotatable bonds is 4. The molecule has 0 spiro atoms. The van der Waals surface area contributed by atoms with Crippen molar-refractivity contribution in [2.75, 3.05) is 0 Å². The molecular formula is C21H16N4O3. The van der Waals surface area contributed by atoms with Crippen molar-refractivity contribution in [3.8, 4) is 22.8 Å². The van der Waals surface area contributed by atoms with Crippen LogP contribution >= 0.6 is 0 Å². The number of pyridine rings is 1. The molecule has 28 heavy (non-hydrogen) atoms. The van der Waals surface area contributed by atoms with E-state index in [1.807, 2.05) is 18.2 Å². The maximum atomic E-state index is 11.2. The predicted molar refractivity (Wildman–Crippen MR) is 104 cm³/mol. The Kier molecular flexibility index (Phi) is 3.72. The largest absolute Gasteiger partial charge is 0.472 e. The molecule has 138 valence electrons. The molecule has 0 radical (unpaired) electrons. The van der Waals surface area contributed by atoms with E-state index in [-0.39, 0.29) is 0 Å². The third-order valence-electron chi connectivity index (χ3n) is 4.72. The maximum Gasteiger partial charge on any atom is 0.439 e. The van der Waals surface area contributed by atoms with Gasteiger partial charge in [0.1, 0.15) is 5.69 Å². The third kappa shape index (κ3) is 2.83. The SMILES string of the molecule is Cc1ccc2c(Cc3cccc(-c4noc(=O)[nH]4)n3)c(-c3ccoc3)[nH]c2c1. The molecule has 0 unspecified atom stereocenters. The first-order valence-corrected chi connectivity index (χ1v) is 8.83. The molecule has 0 atom stereocenters. The second kappa shape index (κ2) is 6.38. The Morgan fingerprint density at radius 2 is 2.04 bits per heavy atom. The van der Waals surface area contributed by atoms with Gasteiger partial charge >= 0.3 is 5.76 Å². The number of furan rings is 1. The Morgan fingerprint density at radius 3 is 2.82 bits per heavy atom. The summed E-state index contributed by atoms with van der Waals surface area (Å²) in [7, 11) is 0. The lowest BCUT2D eigenvalue weighted by Gasteiger charge is -2.05. The normalized spacial score (nSPS) is 11.3. The standard InChI is InChI=1S/C21H16N4O3/c1-12-5-6-15-16(19(23-18(15)9-12)13-7-8-27-11-13)10-14-3-2-4-17(22-14)20-24-21(26)28-25-20/h2-9,11,23H,10H2,1H3,(H,24,25,26). The van der Waals surface area contributed by atoms with E-state index in [0.29, 0.717) is 17.9 Å². The van der Waals surface area contributed by atoms with Gasteiger partial charge in [-0.3, -0.25) is 9.51 Å². The summed E-state index contributed by atoms with van der Waals surface area (Å²) < 4.78 is 9.87. The van der Waals surface area contributed by atoms with Gasteiger partial charge < -0.3 is 9.40 Å². The molecule has 0 bridgehead atoms. The van der Waals surface area contributed by atoms with Crippen LogP contribution in [0.15, 0.2) is 68.7 Å². The van der Waals surface area contributed by atoms with Crippen molar-refractivity contribution >= 4 is 10.9 Å². The molecule has 0 saturated carbocycles. The van der Waals surface area contributed by atoms with Gasteiger partial charge in [-0.1, -0.05) is 23.4 Å². The van der Waals surface area contributed by atoms with Crippen LogP contribution in [0.3, 0.4) is 0 Å². The Bertz CT molecular complexity index is 1330. The zero-order valence-corrected chi connectivity index (χ0v) is 15.0. The molecule has 1 aromatic carbocycles. The number of aromatic amines is 2. The van der Waals surface area contributed by atoms with Gasteiger partial charge in [-0.2, -0.15) is 0 Å². The molecule has 7 nitrogen and oxygen atoms in total. The highest BCUT2D eigenvalue weighted by Gasteiger charge is 2.16. The summed E-state index contributed by atoms with van der Waals surface area (Å²) in [5.74, 6) is -0.284. The van der Waals surface area contributed by atoms with Crippen molar-refractivity contribution in [2.45, 2.75) is 13.3 Å². The fourth-order valence-electron chi connectivity index (χ4n) is 3.44. The van der Waals surface area contributed by atoms with Crippen molar-refractivity contribution in [1.82, 2.24) is 20.1 Å². The second-order valence-corrected chi connectivity index (χ2v) is 6.67. The van der Waals surface area contributed by atoms with Crippen LogP contribution in [-0.4, -0.2) is 20.1 Å². The highest BCUT2D eigenvalue weighted by atomic mass is 16.5. The van der Waals surface area contributed by atoms with Crippen LogP contribution in [0.4, 0.5) is 0 Å². The Hall–Kier alpha value is -3.87. The molecule has 5 aromatic rings. The zero-order chi connectivity index (χ0) is 19.1. The number of hydrogen-bond donors (Lipinski definition) is 2. The first-order valence-electron chi connectivity index (χ1n) is 8.83. The third-order valence-corrected chi connectivity index (χ3v) is 4.72. The minimum absolute atomic E-state index is 0.316. The maximum absolute atomic E-state index is 11.2. The van der Waals surface area contributed by atoms with Crippen molar-refractivity contribution in [3.05, 3.63) is 82.4 Å². The number of fused-ring (bicyclic) bond motifs is 1. The smallest absolute Gasteiger partial charge is 0.439 e. The van der Waals surface area contributed by atoms with Crippen molar-refractivity contribution < 1.29 is 8.94 Å². The number of benzene rings is 1. The summed E-state index contributed by atoms with van der Waals surface area (Å²) in [6.45, 7) is 2.07. The van der Waals surface area contributed by atoms with Crippen LogP contribution in [0, 0.1) is 6.92 Å². The molecule has 4 heterocycles. The fraction of sp³-hybridized carbons (Fsp3) is 0.0952. The van der Waals surface area contributed by atoms with Crippen LogP contribution in [0.5, 0.6) is 0 Å². The molecule has 0 aliphatic rings. The van der Waals surface area contributed by atoms with E-state index in [9.17, 15) is 4.79 Å². The molecule has 4 aromatic heterocycles. The molecular weight excluding hydrogens is 356 g/mol. The Labute approximate surface area is 159 Å². The van der Waals surface area contributed by atoms with E-state index in [2.05, 4.69) is 49.8 Å². The quantitative estimate of drug-likeness (QED) is 0.495. The van der Waals surface area contributed by atoms with Crippen LogP contribution in [-0.2, 0) is 6.42 Å². The van der Waals surface area contributed by atoms with Gasteiger partial charge in [0.05, 0.1) is 18.2 Å². The molecule has 2 N–H and O–H groups in total. The molecule has 7 heteroatoms. The lowest BCUT2D eigenvalue weighted by atomic mass is 10.0. The van der Waals surface area contributed by atoms with Crippen LogP contribution in [0.2, 0.25) is 0 Å². The first-order chi connectivity index (χ1) is 13.7. The topological polar surface area (TPSA) is 101 Å². The lowest BCUT2D eigenvalue weighted by Crippen LogP contribution is -1.98. The molecule has 0 amide bonds. The van der Waals surface area contributed by atoms with E-state index in [0.717, 1.165) is 33.4 Å². The van der Waals surface area contributed by atoms with Gasteiger partial charge in [0.15, 0.2) is 0 Å². The Balaban J connectivity index is 1.62. The highest BCUT2D eigenvalue weighted by Crippen LogP contribution is 2.32. The van der Waals surface area contributed by atoms with Gasteiger partial charge in [-0.15, -0.1) is 0 Å².